The average molecular weight is 477 g/mol. The predicted octanol–water partition coefficient (Wildman–Crippen LogP) is 6.60. The van der Waals surface area contributed by atoms with Gasteiger partial charge in [-0.1, -0.05) is 35.9 Å². The molecule has 0 aromatic heterocycles. The van der Waals surface area contributed by atoms with E-state index in [1.165, 1.54) is 12.1 Å². The first-order valence-electron chi connectivity index (χ1n) is 11.5. The van der Waals surface area contributed by atoms with Gasteiger partial charge in [-0.25, -0.2) is 4.39 Å². The molecule has 1 fully saturated rings. The van der Waals surface area contributed by atoms with Gasteiger partial charge in [0, 0.05) is 35.9 Å². The van der Waals surface area contributed by atoms with Crippen LogP contribution in [0, 0.1) is 5.82 Å². The van der Waals surface area contributed by atoms with Gasteiger partial charge in [0.25, 0.3) is 5.91 Å². The summed E-state index contributed by atoms with van der Waals surface area (Å²) < 4.78 is 19.9. The molecule has 0 bridgehead atoms. The van der Waals surface area contributed by atoms with Crippen LogP contribution < -0.4 is 9.64 Å². The molecule has 0 aliphatic carbocycles. The smallest absolute Gasteiger partial charge is 0.251 e. The van der Waals surface area contributed by atoms with Gasteiger partial charge in [0.15, 0.2) is 0 Å². The molecule has 2 aliphatic heterocycles. The first-order valence-corrected chi connectivity index (χ1v) is 11.9. The van der Waals surface area contributed by atoms with Crippen LogP contribution in [0.3, 0.4) is 0 Å². The molecular weight excluding hydrogens is 451 g/mol. The summed E-state index contributed by atoms with van der Waals surface area (Å²) in [5.74, 6) is 1.10. The Bertz CT molecular complexity index is 1230. The molecule has 5 rings (SSSR count). The number of anilines is 1. The van der Waals surface area contributed by atoms with E-state index in [1.807, 2.05) is 30.3 Å². The lowest BCUT2D eigenvalue weighted by molar-refractivity contribution is -0.114. The van der Waals surface area contributed by atoms with Crippen molar-refractivity contribution in [3.63, 3.8) is 0 Å². The van der Waals surface area contributed by atoms with Crippen LogP contribution in [0.4, 0.5) is 10.1 Å². The molecule has 0 N–H and O–H groups in total. The Labute approximate surface area is 204 Å². The molecule has 0 saturated carbocycles. The van der Waals surface area contributed by atoms with Crippen molar-refractivity contribution in [3.05, 3.63) is 101 Å². The summed E-state index contributed by atoms with van der Waals surface area (Å²) in [7, 11) is 0. The Morgan fingerprint density at radius 1 is 1.06 bits per heavy atom. The average Bonchev–Trinajstić information content (AvgIpc) is 3.13. The van der Waals surface area contributed by atoms with E-state index >= 15 is 0 Å². The molecule has 2 atom stereocenters. The number of amides is 1. The van der Waals surface area contributed by atoms with Gasteiger partial charge in [-0.05, 0) is 79.9 Å². The van der Waals surface area contributed by atoms with Gasteiger partial charge in [0.05, 0.1) is 5.54 Å². The van der Waals surface area contributed by atoms with Crippen molar-refractivity contribution < 1.29 is 13.9 Å². The number of hydrogen-bond donors (Lipinski definition) is 0. The second-order valence-electron chi connectivity index (χ2n) is 9.07. The first kappa shape index (κ1) is 22.6. The van der Waals surface area contributed by atoms with Gasteiger partial charge in [0.2, 0.25) is 0 Å². The van der Waals surface area contributed by atoms with Crippen LogP contribution in [-0.4, -0.2) is 28.9 Å². The van der Waals surface area contributed by atoms with Crippen molar-refractivity contribution in [2.45, 2.75) is 37.9 Å². The Kier molecular flexibility index (Phi) is 6.15. The lowest BCUT2D eigenvalue weighted by Gasteiger charge is -2.47. The molecule has 1 saturated heterocycles. The van der Waals surface area contributed by atoms with E-state index < -0.39 is 5.54 Å². The maximum absolute atomic E-state index is 13.9. The summed E-state index contributed by atoms with van der Waals surface area (Å²) in [5, 5.41) is 0.674. The van der Waals surface area contributed by atoms with Crippen LogP contribution in [0.2, 0.25) is 5.02 Å². The Morgan fingerprint density at radius 3 is 2.62 bits per heavy atom. The van der Waals surface area contributed by atoms with Crippen molar-refractivity contribution in [1.29, 1.82) is 0 Å². The van der Waals surface area contributed by atoms with Crippen LogP contribution in [0.15, 0.2) is 84.9 Å². The van der Waals surface area contributed by atoms with E-state index in [4.69, 9.17) is 16.3 Å². The second-order valence-corrected chi connectivity index (χ2v) is 9.50. The van der Waals surface area contributed by atoms with Gasteiger partial charge in [-0.2, -0.15) is 0 Å². The number of piperidine rings is 1. The number of benzene rings is 3. The van der Waals surface area contributed by atoms with Crippen LogP contribution in [-0.2, 0) is 11.3 Å². The third kappa shape index (κ3) is 4.59. The maximum Gasteiger partial charge on any atom is 0.251 e. The molecular formula is C28H26ClFN2O2. The minimum atomic E-state index is -0.416. The van der Waals surface area contributed by atoms with Gasteiger partial charge in [-0.15, -0.1) is 0 Å². The van der Waals surface area contributed by atoms with E-state index in [2.05, 4.69) is 24.0 Å². The van der Waals surface area contributed by atoms with Gasteiger partial charge >= 0.3 is 0 Å². The van der Waals surface area contributed by atoms with Crippen LogP contribution in [0.1, 0.15) is 25.3 Å². The van der Waals surface area contributed by atoms with Crippen molar-refractivity contribution in [3.8, 4) is 11.5 Å². The highest BCUT2D eigenvalue weighted by molar-refractivity contribution is 6.30. The number of ether oxygens (including phenoxy) is 1. The fraction of sp³-hybridized carbons (Fsp3) is 0.250. The quantitative estimate of drug-likeness (QED) is 0.416. The van der Waals surface area contributed by atoms with E-state index in [0.717, 1.165) is 43.0 Å². The zero-order valence-electron chi connectivity index (χ0n) is 19.0. The van der Waals surface area contributed by atoms with E-state index in [1.54, 1.807) is 35.2 Å². The third-order valence-electron chi connectivity index (χ3n) is 6.71. The Morgan fingerprint density at radius 2 is 1.85 bits per heavy atom. The number of rotatable bonds is 5. The van der Waals surface area contributed by atoms with Crippen molar-refractivity contribution in [2.75, 3.05) is 11.4 Å². The van der Waals surface area contributed by atoms with Crippen molar-refractivity contribution >= 4 is 23.2 Å². The highest BCUT2D eigenvalue weighted by Crippen LogP contribution is 2.41. The van der Waals surface area contributed by atoms with E-state index in [-0.39, 0.29) is 17.8 Å². The molecule has 2 heterocycles. The molecule has 1 spiro atoms. The zero-order valence-corrected chi connectivity index (χ0v) is 19.7. The molecule has 2 aliphatic rings. The number of hydrogen-bond acceptors (Lipinski definition) is 3. The highest BCUT2D eigenvalue weighted by atomic mass is 35.5. The molecule has 0 radical (unpaired) electrons. The number of nitrogens with zero attached hydrogens (tertiary/aromatic N) is 2. The second kappa shape index (κ2) is 9.24. The minimum absolute atomic E-state index is 0.0849. The van der Waals surface area contributed by atoms with E-state index in [9.17, 15) is 9.18 Å². The maximum atomic E-state index is 13.9. The number of halogens is 2. The topological polar surface area (TPSA) is 32.8 Å². The minimum Gasteiger partial charge on any atom is -0.457 e. The summed E-state index contributed by atoms with van der Waals surface area (Å²) in [6, 6.07) is 22.0. The molecule has 3 aromatic carbocycles. The third-order valence-corrected chi connectivity index (χ3v) is 6.96. The normalized spacial score (nSPS) is 22.5. The van der Waals surface area contributed by atoms with Crippen LogP contribution >= 0.6 is 11.6 Å². The summed E-state index contributed by atoms with van der Waals surface area (Å²) in [6.07, 6.45) is 5.21. The van der Waals surface area contributed by atoms with Crippen molar-refractivity contribution in [2.24, 2.45) is 0 Å². The SMILES string of the molecule is C[C@@H]1C[C@]2(C=CC(=O)N2c2cccc(F)c2)CCN1Cc1cccc(Oc2ccc(Cl)cc2)c1. The monoisotopic (exact) mass is 476 g/mol. The standard InChI is InChI=1S/C28H26ClFN2O2/c1-20-18-28(13-12-27(33)32(28)24-6-3-5-23(30)17-24)14-15-31(20)19-21-4-2-7-26(16-21)34-25-10-8-22(29)9-11-25/h2-13,16-17,20H,14-15,18-19H2,1H3/t20-,28+/m1/s1. The summed E-state index contributed by atoms with van der Waals surface area (Å²) in [5.41, 5.74) is 1.36. The first-order chi connectivity index (χ1) is 16.4. The highest BCUT2D eigenvalue weighted by Gasteiger charge is 2.46. The Balaban J connectivity index is 1.29. The van der Waals surface area contributed by atoms with Crippen LogP contribution in [0.5, 0.6) is 11.5 Å². The molecule has 34 heavy (non-hydrogen) atoms. The fourth-order valence-electron chi connectivity index (χ4n) is 5.06. The lowest BCUT2D eigenvalue weighted by atomic mass is 9.82. The molecule has 4 nitrogen and oxygen atoms in total. The Hall–Kier alpha value is -3.15. The fourth-order valence-corrected chi connectivity index (χ4v) is 5.19. The van der Waals surface area contributed by atoms with Gasteiger partial charge < -0.3 is 4.74 Å². The molecule has 0 unspecified atom stereocenters. The number of carbonyl (C=O) groups excluding carboxylic acids is 1. The van der Waals surface area contributed by atoms with Gasteiger partial charge in [-0.3, -0.25) is 14.6 Å². The molecule has 3 aromatic rings. The number of carbonyl (C=O) groups is 1. The zero-order chi connectivity index (χ0) is 23.7. The summed E-state index contributed by atoms with van der Waals surface area (Å²) >= 11 is 5.96. The van der Waals surface area contributed by atoms with Crippen LogP contribution in [0.25, 0.3) is 0 Å². The van der Waals surface area contributed by atoms with Gasteiger partial charge in [0.1, 0.15) is 17.3 Å². The van der Waals surface area contributed by atoms with E-state index in [0.29, 0.717) is 10.7 Å². The number of likely N-dealkylation sites (tertiary alicyclic amines) is 1. The largest absolute Gasteiger partial charge is 0.457 e. The molecule has 6 heteroatoms. The molecule has 1 amide bonds. The summed E-state index contributed by atoms with van der Waals surface area (Å²) in [6.45, 7) is 3.80. The van der Waals surface area contributed by atoms with Crippen molar-refractivity contribution in [1.82, 2.24) is 4.90 Å². The summed E-state index contributed by atoms with van der Waals surface area (Å²) in [4.78, 5) is 16.9. The predicted molar refractivity (Wildman–Crippen MR) is 133 cm³/mol. The molecule has 174 valence electrons. The lowest BCUT2D eigenvalue weighted by Crippen LogP contribution is -2.56.